The molecule has 1 aromatic rings. The molecular weight excluding hydrogens is 230 g/mol. The summed E-state index contributed by atoms with van der Waals surface area (Å²) in [6.45, 7) is 15.8. The topological polar surface area (TPSA) is 12.0 Å². The molecule has 0 bridgehead atoms. The van der Waals surface area contributed by atoms with E-state index in [-0.39, 0.29) is 0 Å². The Kier molecular flexibility index (Phi) is 6.57. The summed E-state index contributed by atoms with van der Waals surface area (Å²) >= 11 is 0. The van der Waals surface area contributed by atoms with E-state index in [9.17, 15) is 0 Å². The minimum atomic E-state index is 0.722. The van der Waals surface area contributed by atoms with E-state index in [4.69, 9.17) is 0 Å². The molecule has 0 heterocycles. The van der Waals surface area contributed by atoms with Crippen LogP contribution in [0.4, 0.5) is 0 Å². The lowest BCUT2D eigenvalue weighted by molar-refractivity contribution is 0.352. The highest BCUT2D eigenvalue weighted by Crippen LogP contribution is 2.19. The van der Waals surface area contributed by atoms with E-state index >= 15 is 0 Å². The van der Waals surface area contributed by atoms with Gasteiger partial charge in [0, 0.05) is 0 Å². The van der Waals surface area contributed by atoms with Gasteiger partial charge in [0.05, 0.1) is 0 Å². The third kappa shape index (κ3) is 6.24. The molecule has 19 heavy (non-hydrogen) atoms. The fourth-order valence-corrected chi connectivity index (χ4v) is 2.59. The van der Waals surface area contributed by atoms with Crippen molar-refractivity contribution in [1.82, 2.24) is 5.32 Å². The van der Waals surface area contributed by atoms with Crippen molar-refractivity contribution in [2.75, 3.05) is 13.1 Å². The molecule has 1 heteroatoms. The highest BCUT2D eigenvalue weighted by Gasteiger charge is 2.14. The van der Waals surface area contributed by atoms with E-state index in [2.05, 4.69) is 65.1 Å². The average molecular weight is 261 g/mol. The maximum atomic E-state index is 3.62. The summed E-state index contributed by atoms with van der Waals surface area (Å²) in [5.74, 6) is 2.18. The molecule has 1 nitrogen and oxygen atoms in total. The van der Waals surface area contributed by atoms with Gasteiger partial charge in [-0.05, 0) is 56.7 Å². The van der Waals surface area contributed by atoms with Gasteiger partial charge in [-0.1, -0.05) is 57.0 Å². The van der Waals surface area contributed by atoms with Crippen molar-refractivity contribution in [3.63, 3.8) is 0 Å². The standard InChI is InChI=1S/C18H31N/c1-13(2)11-19-12-18(14(3)4)10-17-8-15(5)7-16(6)9-17/h7-9,13-14,18-19H,10-12H2,1-6H3. The summed E-state index contributed by atoms with van der Waals surface area (Å²) in [6, 6.07) is 6.93. The first-order chi connectivity index (χ1) is 8.88. The summed E-state index contributed by atoms with van der Waals surface area (Å²) in [5.41, 5.74) is 4.25. The Balaban J connectivity index is 2.62. The first kappa shape index (κ1) is 16.2. The van der Waals surface area contributed by atoms with E-state index in [0.717, 1.165) is 30.8 Å². The fraction of sp³-hybridized carbons (Fsp3) is 0.667. The number of aryl methyl sites for hydroxylation is 2. The van der Waals surface area contributed by atoms with Gasteiger partial charge in [-0.2, -0.15) is 0 Å². The second-order valence-electron chi connectivity index (χ2n) is 6.76. The minimum absolute atomic E-state index is 0.722. The molecule has 108 valence electrons. The van der Waals surface area contributed by atoms with Crippen molar-refractivity contribution < 1.29 is 0 Å². The quantitative estimate of drug-likeness (QED) is 0.769. The zero-order valence-electron chi connectivity index (χ0n) is 13.6. The van der Waals surface area contributed by atoms with Gasteiger partial charge in [0.15, 0.2) is 0 Å². The van der Waals surface area contributed by atoms with Gasteiger partial charge >= 0.3 is 0 Å². The SMILES string of the molecule is Cc1cc(C)cc(CC(CNCC(C)C)C(C)C)c1. The van der Waals surface area contributed by atoms with Crippen LogP contribution in [0.15, 0.2) is 18.2 Å². The van der Waals surface area contributed by atoms with Crippen LogP contribution in [0.1, 0.15) is 44.4 Å². The molecule has 0 saturated carbocycles. The summed E-state index contributed by atoms with van der Waals surface area (Å²) in [6.07, 6.45) is 1.19. The van der Waals surface area contributed by atoms with Crippen molar-refractivity contribution >= 4 is 0 Å². The van der Waals surface area contributed by atoms with Crippen LogP contribution in [0.2, 0.25) is 0 Å². The smallest absolute Gasteiger partial charge is 0.00148 e. The van der Waals surface area contributed by atoms with Crippen LogP contribution in [0.3, 0.4) is 0 Å². The Bertz CT molecular complexity index is 359. The lowest BCUT2D eigenvalue weighted by Crippen LogP contribution is -2.30. The highest BCUT2D eigenvalue weighted by molar-refractivity contribution is 5.28. The van der Waals surface area contributed by atoms with Gasteiger partial charge in [0.1, 0.15) is 0 Å². The van der Waals surface area contributed by atoms with E-state index in [1.165, 1.54) is 23.1 Å². The molecule has 1 aromatic carbocycles. The Hall–Kier alpha value is -0.820. The zero-order valence-corrected chi connectivity index (χ0v) is 13.6. The Morgan fingerprint density at radius 3 is 1.95 bits per heavy atom. The molecule has 1 N–H and O–H groups in total. The third-order valence-corrected chi connectivity index (χ3v) is 3.68. The lowest BCUT2D eigenvalue weighted by Gasteiger charge is -2.22. The van der Waals surface area contributed by atoms with Crippen LogP contribution in [0.5, 0.6) is 0 Å². The van der Waals surface area contributed by atoms with Crippen LogP contribution in [0, 0.1) is 31.6 Å². The van der Waals surface area contributed by atoms with Gasteiger partial charge in [0.2, 0.25) is 0 Å². The minimum Gasteiger partial charge on any atom is -0.316 e. The lowest BCUT2D eigenvalue weighted by atomic mass is 9.88. The molecule has 1 atom stereocenters. The number of hydrogen-bond acceptors (Lipinski definition) is 1. The van der Waals surface area contributed by atoms with Crippen molar-refractivity contribution in [3.8, 4) is 0 Å². The van der Waals surface area contributed by atoms with Gasteiger partial charge in [-0.15, -0.1) is 0 Å². The van der Waals surface area contributed by atoms with Crippen LogP contribution in [-0.4, -0.2) is 13.1 Å². The van der Waals surface area contributed by atoms with Crippen LogP contribution in [-0.2, 0) is 6.42 Å². The van der Waals surface area contributed by atoms with Crippen LogP contribution in [0.25, 0.3) is 0 Å². The predicted molar refractivity (Wildman–Crippen MR) is 85.7 cm³/mol. The molecule has 0 fully saturated rings. The van der Waals surface area contributed by atoms with E-state index in [1.54, 1.807) is 0 Å². The predicted octanol–water partition coefficient (Wildman–Crippen LogP) is 4.36. The van der Waals surface area contributed by atoms with Crippen molar-refractivity contribution in [2.45, 2.75) is 48.0 Å². The second kappa shape index (κ2) is 7.69. The number of hydrogen-bond donors (Lipinski definition) is 1. The Morgan fingerprint density at radius 2 is 1.47 bits per heavy atom. The molecule has 0 aliphatic rings. The molecular formula is C18H31N. The molecule has 1 unspecified atom stereocenters. The molecule has 0 aromatic heterocycles. The number of nitrogens with one attached hydrogen (secondary N) is 1. The van der Waals surface area contributed by atoms with Gasteiger partial charge in [-0.25, -0.2) is 0 Å². The molecule has 0 radical (unpaired) electrons. The average Bonchev–Trinajstić information content (AvgIpc) is 2.25. The first-order valence-corrected chi connectivity index (χ1v) is 7.66. The van der Waals surface area contributed by atoms with Crippen LogP contribution < -0.4 is 5.32 Å². The maximum Gasteiger partial charge on any atom is -0.00148 e. The summed E-state index contributed by atoms with van der Waals surface area (Å²) in [4.78, 5) is 0. The second-order valence-corrected chi connectivity index (χ2v) is 6.76. The van der Waals surface area contributed by atoms with Crippen molar-refractivity contribution in [3.05, 3.63) is 34.9 Å². The molecule has 1 rings (SSSR count). The zero-order chi connectivity index (χ0) is 14.4. The van der Waals surface area contributed by atoms with E-state index in [0.29, 0.717) is 0 Å². The Morgan fingerprint density at radius 1 is 0.895 bits per heavy atom. The maximum absolute atomic E-state index is 3.62. The van der Waals surface area contributed by atoms with Crippen molar-refractivity contribution in [1.29, 1.82) is 0 Å². The third-order valence-electron chi connectivity index (χ3n) is 3.68. The van der Waals surface area contributed by atoms with Gasteiger partial charge < -0.3 is 5.32 Å². The fourth-order valence-electron chi connectivity index (χ4n) is 2.59. The largest absolute Gasteiger partial charge is 0.316 e. The highest BCUT2D eigenvalue weighted by atomic mass is 14.9. The Labute approximate surface area is 119 Å². The normalized spacial score (nSPS) is 13.3. The first-order valence-electron chi connectivity index (χ1n) is 7.66. The molecule has 0 spiro atoms. The van der Waals surface area contributed by atoms with Crippen molar-refractivity contribution in [2.24, 2.45) is 17.8 Å². The van der Waals surface area contributed by atoms with E-state index < -0.39 is 0 Å². The van der Waals surface area contributed by atoms with Crippen LogP contribution >= 0.6 is 0 Å². The summed E-state index contributed by atoms with van der Waals surface area (Å²) in [7, 11) is 0. The van der Waals surface area contributed by atoms with E-state index in [1.807, 2.05) is 0 Å². The molecule has 0 amide bonds. The number of rotatable bonds is 7. The monoisotopic (exact) mass is 261 g/mol. The molecule has 0 aliphatic carbocycles. The number of benzene rings is 1. The molecule has 0 aliphatic heterocycles. The molecule has 0 saturated heterocycles. The van der Waals surface area contributed by atoms with Gasteiger partial charge in [-0.3, -0.25) is 0 Å². The summed E-state index contributed by atoms with van der Waals surface area (Å²) in [5, 5.41) is 3.62. The van der Waals surface area contributed by atoms with Gasteiger partial charge in [0.25, 0.3) is 0 Å². The summed E-state index contributed by atoms with van der Waals surface area (Å²) < 4.78 is 0.